The molecule has 3 N–H and O–H groups in total. The number of nitrogens with two attached hydrogens (primary N) is 1. The number of nitrogens with one attached hydrogen (secondary N) is 1. The van der Waals surface area contributed by atoms with E-state index < -0.39 is 0 Å². The predicted molar refractivity (Wildman–Crippen MR) is 64.0 cm³/mol. The molecular formula is C12H17N3O. The van der Waals surface area contributed by atoms with E-state index in [2.05, 4.69) is 10.2 Å². The van der Waals surface area contributed by atoms with Crippen LogP contribution in [0.5, 0.6) is 0 Å². The lowest BCUT2D eigenvalue weighted by atomic mass is 10.1. The van der Waals surface area contributed by atoms with Crippen LogP contribution in [0.1, 0.15) is 12.5 Å². The Morgan fingerprint density at radius 1 is 1.44 bits per heavy atom. The maximum absolute atomic E-state index is 10.8. The minimum atomic E-state index is -0.0403. The van der Waals surface area contributed by atoms with Crippen LogP contribution in [-0.4, -0.2) is 29.9 Å². The second-order valence-corrected chi connectivity index (χ2v) is 4.33. The molecule has 1 aromatic rings. The number of rotatable bonds is 3. The zero-order chi connectivity index (χ0) is 11.5. The lowest BCUT2D eigenvalue weighted by molar-refractivity contribution is -0.114. The Bertz CT molecular complexity index is 368. The van der Waals surface area contributed by atoms with E-state index in [9.17, 15) is 4.79 Å². The molecule has 1 heterocycles. The van der Waals surface area contributed by atoms with Gasteiger partial charge in [0.05, 0.1) is 0 Å². The Balaban J connectivity index is 1.89. The predicted octanol–water partition coefficient (Wildman–Crippen LogP) is 0.788. The van der Waals surface area contributed by atoms with E-state index in [-0.39, 0.29) is 5.91 Å². The molecule has 0 spiro atoms. The van der Waals surface area contributed by atoms with Crippen molar-refractivity contribution in [2.75, 3.05) is 18.4 Å². The maximum atomic E-state index is 10.8. The van der Waals surface area contributed by atoms with Crippen LogP contribution in [0.25, 0.3) is 0 Å². The topological polar surface area (TPSA) is 58.4 Å². The average molecular weight is 219 g/mol. The minimum absolute atomic E-state index is 0.0403. The van der Waals surface area contributed by atoms with Crippen LogP contribution < -0.4 is 11.1 Å². The molecule has 1 aliphatic rings. The van der Waals surface area contributed by atoms with E-state index >= 15 is 0 Å². The van der Waals surface area contributed by atoms with Crippen LogP contribution in [0.3, 0.4) is 0 Å². The molecule has 0 unspecified atom stereocenters. The molecule has 0 atom stereocenters. The molecule has 1 fully saturated rings. The normalized spacial score (nSPS) is 16.9. The third kappa shape index (κ3) is 2.81. The van der Waals surface area contributed by atoms with Crippen LogP contribution in [0.2, 0.25) is 0 Å². The summed E-state index contributed by atoms with van der Waals surface area (Å²) < 4.78 is 0. The SMILES string of the molecule is CC(=O)Nc1ccc(CN2CC(N)C2)cc1. The van der Waals surface area contributed by atoms with Gasteiger partial charge in [-0.2, -0.15) is 0 Å². The molecule has 1 aromatic carbocycles. The van der Waals surface area contributed by atoms with Gasteiger partial charge < -0.3 is 11.1 Å². The lowest BCUT2D eigenvalue weighted by Gasteiger charge is -2.36. The smallest absolute Gasteiger partial charge is 0.221 e. The van der Waals surface area contributed by atoms with Gasteiger partial charge in [0, 0.05) is 38.3 Å². The first-order valence-corrected chi connectivity index (χ1v) is 5.48. The third-order valence-electron chi connectivity index (χ3n) is 2.67. The summed E-state index contributed by atoms with van der Waals surface area (Å²) in [6.07, 6.45) is 0. The molecule has 1 amide bonds. The van der Waals surface area contributed by atoms with Crippen molar-refractivity contribution < 1.29 is 4.79 Å². The zero-order valence-corrected chi connectivity index (χ0v) is 9.44. The molecular weight excluding hydrogens is 202 g/mol. The van der Waals surface area contributed by atoms with Gasteiger partial charge in [0.2, 0.25) is 5.91 Å². The third-order valence-corrected chi connectivity index (χ3v) is 2.67. The van der Waals surface area contributed by atoms with E-state index in [4.69, 9.17) is 5.73 Å². The number of carbonyl (C=O) groups is 1. The molecule has 86 valence electrons. The van der Waals surface area contributed by atoms with Gasteiger partial charge >= 0.3 is 0 Å². The number of hydrogen-bond acceptors (Lipinski definition) is 3. The number of benzene rings is 1. The highest BCUT2D eigenvalue weighted by Crippen LogP contribution is 2.14. The second-order valence-electron chi connectivity index (χ2n) is 4.33. The van der Waals surface area contributed by atoms with Gasteiger partial charge in [-0.3, -0.25) is 9.69 Å². The Labute approximate surface area is 95.4 Å². The summed E-state index contributed by atoms with van der Waals surface area (Å²) in [5, 5.41) is 2.75. The Morgan fingerprint density at radius 2 is 2.06 bits per heavy atom. The van der Waals surface area contributed by atoms with Gasteiger partial charge in [-0.1, -0.05) is 12.1 Å². The fraction of sp³-hybridized carbons (Fsp3) is 0.417. The molecule has 0 aromatic heterocycles. The van der Waals surface area contributed by atoms with E-state index in [1.165, 1.54) is 12.5 Å². The highest BCUT2D eigenvalue weighted by molar-refractivity contribution is 5.88. The van der Waals surface area contributed by atoms with Crippen LogP contribution in [0, 0.1) is 0 Å². The van der Waals surface area contributed by atoms with Crippen molar-refractivity contribution in [1.29, 1.82) is 0 Å². The molecule has 1 saturated heterocycles. The fourth-order valence-corrected chi connectivity index (χ4v) is 1.89. The summed E-state index contributed by atoms with van der Waals surface area (Å²) in [7, 11) is 0. The van der Waals surface area contributed by atoms with Crippen molar-refractivity contribution in [3.05, 3.63) is 29.8 Å². The number of hydrogen-bond donors (Lipinski definition) is 2. The standard InChI is InChI=1S/C12H17N3O/c1-9(16)14-12-4-2-10(3-5-12)6-15-7-11(13)8-15/h2-5,11H,6-8,13H2,1H3,(H,14,16). The van der Waals surface area contributed by atoms with E-state index in [0.29, 0.717) is 6.04 Å². The van der Waals surface area contributed by atoms with Crippen molar-refractivity contribution in [3.8, 4) is 0 Å². The van der Waals surface area contributed by atoms with Gasteiger partial charge in [0.1, 0.15) is 0 Å². The average Bonchev–Trinajstić information content (AvgIpc) is 2.18. The number of carbonyl (C=O) groups excluding carboxylic acids is 1. The van der Waals surface area contributed by atoms with Crippen molar-refractivity contribution >= 4 is 11.6 Å². The summed E-state index contributed by atoms with van der Waals surface area (Å²) >= 11 is 0. The Hall–Kier alpha value is -1.39. The van der Waals surface area contributed by atoms with E-state index in [0.717, 1.165) is 25.3 Å². The first kappa shape index (κ1) is 11.1. The Kier molecular flexibility index (Phi) is 3.22. The van der Waals surface area contributed by atoms with Crippen LogP contribution in [0.4, 0.5) is 5.69 Å². The monoisotopic (exact) mass is 219 g/mol. The molecule has 0 aliphatic carbocycles. The summed E-state index contributed by atoms with van der Waals surface area (Å²) in [6.45, 7) is 4.41. The molecule has 0 bridgehead atoms. The molecule has 4 heteroatoms. The van der Waals surface area contributed by atoms with Crippen molar-refractivity contribution in [3.63, 3.8) is 0 Å². The zero-order valence-electron chi connectivity index (χ0n) is 9.44. The van der Waals surface area contributed by atoms with Crippen molar-refractivity contribution in [1.82, 2.24) is 4.90 Å². The van der Waals surface area contributed by atoms with Crippen LogP contribution in [0.15, 0.2) is 24.3 Å². The van der Waals surface area contributed by atoms with Gasteiger partial charge in [0.15, 0.2) is 0 Å². The minimum Gasteiger partial charge on any atom is -0.326 e. The highest BCUT2D eigenvalue weighted by Gasteiger charge is 2.22. The largest absolute Gasteiger partial charge is 0.326 e. The molecule has 0 radical (unpaired) electrons. The number of amides is 1. The summed E-state index contributed by atoms with van der Waals surface area (Å²) in [5.41, 5.74) is 7.81. The number of likely N-dealkylation sites (tertiary alicyclic amines) is 1. The highest BCUT2D eigenvalue weighted by atomic mass is 16.1. The molecule has 0 saturated carbocycles. The van der Waals surface area contributed by atoms with E-state index in [1.54, 1.807) is 0 Å². The summed E-state index contributed by atoms with van der Waals surface area (Å²) in [6, 6.07) is 8.27. The number of anilines is 1. The first-order chi connectivity index (χ1) is 7.63. The Morgan fingerprint density at radius 3 is 2.56 bits per heavy atom. The fourth-order valence-electron chi connectivity index (χ4n) is 1.89. The molecule has 1 aliphatic heterocycles. The summed E-state index contributed by atoms with van der Waals surface area (Å²) in [4.78, 5) is 13.1. The lowest BCUT2D eigenvalue weighted by Crippen LogP contribution is -2.54. The second kappa shape index (κ2) is 4.63. The van der Waals surface area contributed by atoms with Crippen molar-refractivity contribution in [2.24, 2.45) is 5.73 Å². The number of nitrogens with zero attached hydrogens (tertiary/aromatic N) is 1. The molecule has 16 heavy (non-hydrogen) atoms. The van der Waals surface area contributed by atoms with Gasteiger partial charge in [-0.25, -0.2) is 0 Å². The molecule has 2 rings (SSSR count). The maximum Gasteiger partial charge on any atom is 0.221 e. The molecule has 4 nitrogen and oxygen atoms in total. The van der Waals surface area contributed by atoms with Crippen molar-refractivity contribution in [2.45, 2.75) is 19.5 Å². The van der Waals surface area contributed by atoms with E-state index in [1.807, 2.05) is 24.3 Å². The quantitative estimate of drug-likeness (QED) is 0.790. The van der Waals surface area contributed by atoms with Gasteiger partial charge in [-0.15, -0.1) is 0 Å². The first-order valence-electron chi connectivity index (χ1n) is 5.48. The van der Waals surface area contributed by atoms with Gasteiger partial charge in [0.25, 0.3) is 0 Å². The van der Waals surface area contributed by atoms with Gasteiger partial charge in [-0.05, 0) is 17.7 Å². The van der Waals surface area contributed by atoms with Crippen LogP contribution in [-0.2, 0) is 11.3 Å². The summed E-state index contributed by atoms with van der Waals surface area (Å²) in [5.74, 6) is -0.0403. The van der Waals surface area contributed by atoms with Crippen LogP contribution >= 0.6 is 0 Å².